The van der Waals surface area contributed by atoms with Crippen LogP contribution < -0.4 is 20.9 Å². The van der Waals surface area contributed by atoms with Crippen molar-refractivity contribution in [3.8, 4) is 5.75 Å². The number of carbonyl (C=O) groups is 1. The van der Waals surface area contributed by atoms with E-state index in [9.17, 15) is 29.2 Å². The fourth-order valence-corrected chi connectivity index (χ4v) is 4.80. The fourth-order valence-electron chi connectivity index (χ4n) is 3.44. The topological polar surface area (TPSA) is 178 Å². The first-order chi connectivity index (χ1) is 18.0. The third kappa shape index (κ3) is 6.75. The van der Waals surface area contributed by atoms with E-state index in [1.807, 2.05) is 4.98 Å². The number of rotatable bonds is 10. The molecule has 1 aliphatic heterocycles. The highest BCUT2D eigenvalue weighted by Crippen LogP contribution is 2.46. The van der Waals surface area contributed by atoms with E-state index in [4.69, 9.17) is 21.3 Å². The minimum absolute atomic E-state index is 0.00147. The van der Waals surface area contributed by atoms with Crippen LogP contribution in [0.5, 0.6) is 5.75 Å². The summed E-state index contributed by atoms with van der Waals surface area (Å²) in [4.78, 5) is 38.6. The Balaban J connectivity index is 1.94. The predicted octanol–water partition coefficient (Wildman–Crippen LogP) is 0.988. The van der Waals surface area contributed by atoms with E-state index in [0.29, 0.717) is 0 Å². The number of hydrogen-bond donors (Lipinski definition) is 4. The van der Waals surface area contributed by atoms with Crippen molar-refractivity contribution >= 4 is 13.7 Å². The third-order valence-corrected chi connectivity index (χ3v) is 6.88. The molecule has 1 fully saturated rings. The number of aromatic nitrogens is 2. The van der Waals surface area contributed by atoms with Crippen LogP contribution in [-0.4, -0.2) is 62.2 Å². The Morgan fingerprint density at radius 3 is 2.59 bits per heavy atom. The van der Waals surface area contributed by atoms with Crippen molar-refractivity contribution in [2.45, 2.75) is 70.8 Å². The minimum Gasteiger partial charge on any atom is -0.462 e. The monoisotopic (exact) mass is 543 g/mol. The van der Waals surface area contributed by atoms with E-state index >= 15 is 0 Å². The van der Waals surface area contributed by atoms with Gasteiger partial charge in [0, 0.05) is 11.8 Å². The number of nitrogens with zero attached hydrogens (tertiary/aromatic N) is 1. The molecule has 1 aromatic carbocycles. The zero-order chi connectivity index (χ0) is 29.3. The Hall–Kier alpha value is -2.80. The Morgan fingerprint density at radius 1 is 1.32 bits per heavy atom. The molecule has 1 unspecified atom stereocenters. The van der Waals surface area contributed by atoms with E-state index in [2.05, 4.69) is 5.09 Å². The molecule has 0 saturated carbocycles. The first-order valence-corrected chi connectivity index (χ1v) is 12.9. The zero-order valence-electron chi connectivity index (χ0n) is 22.9. The normalized spacial score (nSPS) is 27.2. The smallest absolute Gasteiger partial charge is 0.459 e. The summed E-state index contributed by atoms with van der Waals surface area (Å²) in [6.07, 6.45) is -5.14. The second kappa shape index (κ2) is 11.3. The molecule has 1 saturated heterocycles. The van der Waals surface area contributed by atoms with Crippen LogP contribution in [0, 0.1) is 6.92 Å². The maximum atomic E-state index is 13.8. The molecule has 204 valence electrons. The van der Waals surface area contributed by atoms with E-state index in [-0.39, 0.29) is 11.3 Å². The Kier molecular flexibility index (Phi) is 7.89. The van der Waals surface area contributed by atoms with E-state index in [0.717, 1.165) is 17.7 Å². The predicted molar refractivity (Wildman–Crippen MR) is 131 cm³/mol. The highest BCUT2D eigenvalue weighted by molar-refractivity contribution is 7.52. The minimum atomic E-state index is -4.77. The number of hydrogen-bond acceptors (Lipinski definition) is 10. The van der Waals surface area contributed by atoms with E-state index in [1.54, 1.807) is 32.0 Å². The van der Waals surface area contributed by atoms with Gasteiger partial charge in [-0.1, -0.05) is 18.2 Å². The SMILES string of the molecule is [2H]C([2H])(O[P@@](=O)(N[C@@H](C)C(=O)OC(C)C)Oc1ccccc1)[C@H]1OC(n2cc(C)c(=O)[nH]c2=O)[C@](C)(O)[C@@H]1O. The van der Waals surface area contributed by atoms with Gasteiger partial charge in [-0.15, -0.1) is 0 Å². The Bertz CT molecular complexity index is 1350. The van der Waals surface area contributed by atoms with Crippen LogP contribution in [0.2, 0.25) is 0 Å². The number of ether oxygens (including phenoxy) is 2. The van der Waals surface area contributed by atoms with Gasteiger partial charge in [-0.3, -0.25) is 23.7 Å². The molecule has 0 aliphatic carbocycles. The summed E-state index contributed by atoms with van der Waals surface area (Å²) in [5.41, 5.74) is -3.86. The van der Waals surface area contributed by atoms with Gasteiger partial charge in [0.1, 0.15) is 29.6 Å². The molecule has 3 rings (SSSR count). The molecule has 1 aliphatic rings. The van der Waals surface area contributed by atoms with Crippen molar-refractivity contribution in [2.75, 3.05) is 6.56 Å². The van der Waals surface area contributed by atoms with Gasteiger partial charge in [-0.05, 0) is 46.8 Å². The average molecular weight is 544 g/mol. The van der Waals surface area contributed by atoms with Crippen LogP contribution in [-0.2, 0) is 23.4 Å². The lowest BCUT2D eigenvalue weighted by Crippen LogP contribution is -2.47. The summed E-state index contributed by atoms with van der Waals surface area (Å²) in [5.74, 6) is -0.819. The lowest BCUT2D eigenvalue weighted by Gasteiger charge is -2.27. The molecular weight excluding hydrogens is 509 g/mol. The standard InChI is InChI=1S/C23H32N3O10P/c1-13(2)34-20(29)15(4)25-37(32,36-16-9-7-6-8-10-16)33-12-17-18(27)23(5,31)21(35-17)26-11-14(3)19(28)24-22(26)30/h6-11,13,15,17-18,21,27,31H,12H2,1-5H3,(H,25,32)(H,24,28,30)/t15-,17+,18+,21?,23+,37-/m0/s1/i12D2. The summed E-state index contributed by atoms with van der Waals surface area (Å²) in [6, 6.07) is 6.30. The number of para-hydroxylation sites is 1. The molecular formula is C23H32N3O10P. The van der Waals surface area contributed by atoms with Crippen LogP contribution in [0.3, 0.4) is 0 Å². The quantitative estimate of drug-likeness (QED) is 0.248. The van der Waals surface area contributed by atoms with Gasteiger partial charge < -0.3 is 24.2 Å². The second-order valence-corrected chi connectivity index (χ2v) is 10.6. The van der Waals surface area contributed by atoms with Gasteiger partial charge in [0.25, 0.3) is 5.56 Å². The molecule has 14 heteroatoms. The first-order valence-electron chi connectivity index (χ1n) is 12.4. The van der Waals surface area contributed by atoms with Gasteiger partial charge in [0.15, 0.2) is 6.23 Å². The molecule has 0 radical (unpaired) electrons. The van der Waals surface area contributed by atoms with Crippen molar-refractivity contribution in [1.29, 1.82) is 0 Å². The van der Waals surface area contributed by atoms with Crippen molar-refractivity contribution in [3.63, 3.8) is 0 Å². The summed E-state index contributed by atoms with van der Waals surface area (Å²) in [5, 5.41) is 24.2. The van der Waals surface area contributed by atoms with Gasteiger partial charge in [0.05, 0.1) is 15.4 Å². The number of nitrogens with one attached hydrogen (secondary N) is 2. The molecule has 1 aromatic heterocycles. The molecule has 0 bridgehead atoms. The van der Waals surface area contributed by atoms with Gasteiger partial charge in [0.2, 0.25) is 0 Å². The van der Waals surface area contributed by atoms with Gasteiger partial charge >= 0.3 is 19.4 Å². The van der Waals surface area contributed by atoms with Crippen molar-refractivity contribution in [3.05, 3.63) is 62.9 Å². The molecule has 2 heterocycles. The summed E-state index contributed by atoms with van der Waals surface area (Å²) in [7, 11) is -4.77. The van der Waals surface area contributed by atoms with E-state index in [1.165, 1.54) is 26.0 Å². The molecule has 13 nitrogen and oxygen atoms in total. The Labute approximate surface area is 215 Å². The molecule has 4 N–H and O–H groups in total. The highest BCUT2D eigenvalue weighted by Gasteiger charge is 2.54. The Morgan fingerprint density at radius 2 is 1.97 bits per heavy atom. The number of aromatic amines is 1. The number of aliphatic hydroxyl groups is 2. The average Bonchev–Trinajstić information content (AvgIpc) is 3.05. The number of aliphatic hydroxyl groups excluding tert-OH is 1. The summed E-state index contributed by atoms with van der Waals surface area (Å²) >= 11 is 0. The van der Waals surface area contributed by atoms with Gasteiger partial charge in [-0.25, -0.2) is 9.36 Å². The summed E-state index contributed by atoms with van der Waals surface area (Å²) in [6.45, 7) is 3.86. The number of esters is 1. The third-order valence-electron chi connectivity index (χ3n) is 5.37. The molecule has 37 heavy (non-hydrogen) atoms. The lowest BCUT2D eigenvalue weighted by molar-refractivity contribution is -0.149. The van der Waals surface area contributed by atoms with Crippen LogP contribution in [0.15, 0.2) is 46.1 Å². The second-order valence-electron chi connectivity index (χ2n) is 9.01. The van der Waals surface area contributed by atoms with Crippen LogP contribution in [0.1, 0.15) is 42.2 Å². The number of H-pyrrole nitrogens is 1. The molecule has 0 amide bonds. The first kappa shape index (κ1) is 25.8. The highest BCUT2D eigenvalue weighted by atomic mass is 31.2. The number of carbonyl (C=O) groups excluding carboxylic acids is 1. The van der Waals surface area contributed by atoms with Crippen LogP contribution >= 0.6 is 7.75 Å². The van der Waals surface area contributed by atoms with Crippen LogP contribution in [0.25, 0.3) is 0 Å². The largest absolute Gasteiger partial charge is 0.462 e. The molecule has 6 atom stereocenters. The lowest BCUT2D eigenvalue weighted by atomic mass is 9.96. The summed E-state index contributed by atoms with van der Waals surface area (Å²) < 4.78 is 53.0. The van der Waals surface area contributed by atoms with Crippen molar-refractivity contribution in [1.82, 2.24) is 14.6 Å². The maximum absolute atomic E-state index is 13.8. The molecule has 2 aromatic rings. The molecule has 0 spiro atoms. The fraction of sp³-hybridized carbons (Fsp3) is 0.522. The van der Waals surface area contributed by atoms with E-state index < -0.39 is 67.7 Å². The number of aryl methyl sites for hydroxylation is 1. The number of benzene rings is 1. The zero-order valence-corrected chi connectivity index (χ0v) is 21.8. The van der Waals surface area contributed by atoms with Crippen molar-refractivity contribution < 1.29 is 40.8 Å². The van der Waals surface area contributed by atoms with Crippen molar-refractivity contribution in [2.24, 2.45) is 0 Å². The van der Waals surface area contributed by atoms with Gasteiger partial charge in [-0.2, -0.15) is 5.09 Å². The van der Waals surface area contributed by atoms with Crippen LogP contribution in [0.4, 0.5) is 0 Å². The maximum Gasteiger partial charge on any atom is 0.459 e.